The fraction of sp³-hybridized carbons (Fsp3) is 0. The molecule has 0 aliphatic heterocycles. The summed E-state index contributed by atoms with van der Waals surface area (Å²) in [6, 6.07) is 9.59. The summed E-state index contributed by atoms with van der Waals surface area (Å²) in [6.07, 6.45) is 1.46. The van der Waals surface area contributed by atoms with E-state index in [0.717, 1.165) is 5.69 Å². The molecule has 1 aromatic carbocycles. The zero-order valence-electron chi connectivity index (χ0n) is 7.81. The first kappa shape index (κ1) is 9.73. The topological polar surface area (TPSA) is 63.8 Å². The minimum Gasteiger partial charge on any atom is -0.396 e. The monoisotopic (exact) mass is 220 g/mol. The zero-order valence-corrected chi connectivity index (χ0v) is 8.57. The number of aromatic nitrogens is 2. The van der Waals surface area contributed by atoms with E-state index in [1.54, 1.807) is 0 Å². The van der Waals surface area contributed by atoms with Crippen molar-refractivity contribution in [2.24, 2.45) is 0 Å². The van der Waals surface area contributed by atoms with Crippen molar-refractivity contribution in [3.63, 3.8) is 0 Å². The second-order valence-corrected chi connectivity index (χ2v) is 3.31. The first-order chi connectivity index (χ1) is 7.27. The molecule has 0 aliphatic rings. The number of hydrogen-bond donors (Lipinski definition) is 2. The van der Waals surface area contributed by atoms with Crippen molar-refractivity contribution < 1.29 is 0 Å². The molecular weight excluding hydrogens is 212 g/mol. The van der Waals surface area contributed by atoms with Gasteiger partial charge < -0.3 is 11.1 Å². The summed E-state index contributed by atoms with van der Waals surface area (Å²) in [4.78, 5) is 0. The van der Waals surface area contributed by atoms with Crippen LogP contribution in [0.4, 0.5) is 17.1 Å². The van der Waals surface area contributed by atoms with Gasteiger partial charge in [0.2, 0.25) is 0 Å². The van der Waals surface area contributed by atoms with Crippen molar-refractivity contribution in [3.05, 3.63) is 41.7 Å². The van der Waals surface area contributed by atoms with E-state index in [4.69, 9.17) is 17.3 Å². The zero-order chi connectivity index (χ0) is 10.7. The number of nitrogens with one attached hydrogen (secondary N) is 1. The third-order valence-corrected chi connectivity index (χ3v) is 2.15. The van der Waals surface area contributed by atoms with Gasteiger partial charge in [0.15, 0.2) is 5.15 Å². The lowest BCUT2D eigenvalue weighted by Crippen LogP contribution is -1.99. The van der Waals surface area contributed by atoms with Crippen molar-refractivity contribution >= 4 is 28.7 Å². The second kappa shape index (κ2) is 4.14. The van der Waals surface area contributed by atoms with Crippen LogP contribution in [0.25, 0.3) is 0 Å². The van der Waals surface area contributed by atoms with E-state index in [1.807, 2.05) is 30.3 Å². The number of nitrogens with zero attached hydrogens (tertiary/aromatic N) is 2. The Hall–Kier alpha value is -1.81. The summed E-state index contributed by atoms with van der Waals surface area (Å²) in [5, 5.41) is 10.7. The number of rotatable bonds is 2. The first-order valence-electron chi connectivity index (χ1n) is 4.36. The van der Waals surface area contributed by atoms with Gasteiger partial charge in [0.1, 0.15) is 5.69 Å². The first-order valence-corrected chi connectivity index (χ1v) is 4.74. The van der Waals surface area contributed by atoms with E-state index < -0.39 is 0 Å². The van der Waals surface area contributed by atoms with E-state index in [1.165, 1.54) is 6.20 Å². The van der Waals surface area contributed by atoms with Gasteiger partial charge in [-0.05, 0) is 12.1 Å². The number of halogens is 1. The quantitative estimate of drug-likeness (QED) is 0.816. The van der Waals surface area contributed by atoms with Crippen LogP contribution in [0.5, 0.6) is 0 Å². The average molecular weight is 221 g/mol. The Balaban J connectivity index is 2.32. The molecule has 0 bridgehead atoms. The number of hydrogen-bond acceptors (Lipinski definition) is 4. The second-order valence-electron chi connectivity index (χ2n) is 2.96. The lowest BCUT2D eigenvalue weighted by atomic mass is 10.3. The molecule has 0 radical (unpaired) electrons. The molecule has 3 N–H and O–H groups in total. The Morgan fingerprint density at radius 1 is 1.20 bits per heavy atom. The molecule has 0 spiro atoms. The Kier molecular flexibility index (Phi) is 2.69. The van der Waals surface area contributed by atoms with Crippen molar-refractivity contribution in [2.45, 2.75) is 0 Å². The molecule has 0 aliphatic carbocycles. The highest BCUT2D eigenvalue weighted by Crippen LogP contribution is 2.27. The van der Waals surface area contributed by atoms with Crippen LogP contribution in [0, 0.1) is 0 Å². The highest BCUT2D eigenvalue weighted by molar-refractivity contribution is 6.32. The van der Waals surface area contributed by atoms with Gasteiger partial charge in [-0.3, -0.25) is 0 Å². The Morgan fingerprint density at radius 2 is 1.93 bits per heavy atom. The standard InChI is InChI=1S/C10H9ClN4/c11-10-9(8(12)6-13-15-10)14-7-4-2-1-3-5-7/h1-6H,(H2,12,15)(H,13,14). The van der Waals surface area contributed by atoms with Crippen LogP contribution in [0.15, 0.2) is 36.5 Å². The molecule has 0 unspecified atom stereocenters. The van der Waals surface area contributed by atoms with Crippen molar-refractivity contribution in [3.8, 4) is 0 Å². The number of nitrogen functional groups attached to an aromatic ring is 1. The summed E-state index contributed by atoms with van der Waals surface area (Å²) in [7, 11) is 0. The fourth-order valence-corrected chi connectivity index (χ4v) is 1.36. The number of nitrogens with two attached hydrogens (primary N) is 1. The summed E-state index contributed by atoms with van der Waals surface area (Å²) in [5.74, 6) is 0. The molecule has 4 nitrogen and oxygen atoms in total. The molecule has 5 heteroatoms. The molecule has 0 atom stereocenters. The van der Waals surface area contributed by atoms with Crippen LogP contribution in [-0.2, 0) is 0 Å². The molecule has 1 aromatic heterocycles. The predicted molar refractivity (Wildman–Crippen MR) is 61.2 cm³/mol. The van der Waals surface area contributed by atoms with Gasteiger partial charge in [-0.15, -0.1) is 5.10 Å². The lowest BCUT2D eigenvalue weighted by molar-refractivity contribution is 1.04. The van der Waals surface area contributed by atoms with Crippen molar-refractivity contribution in [1.82, 2.24) is 10.2 Å². The highest BCUT2D eigenvalue weighted by atomic mass is 35.5. The van der Waals surface area contributed by atoms with Crippen molar-refractivity contribution in [1.29, 1.82) is 0 Å². The molecule has 0 saturated heterocycles. The van der Waals surface area contributed by atoms with Crippen LogP contribution >= 0.6 is 11.6 Å². The van der Waals surface area contributed by atoms with Crippen molar-refractivity contribution in [2.75, 3.05) is 11.1 Å². The molecule has 1 heterocycles. The molecule has 76 valence electrons. The summed E-state index contributed by atoms with van der Waals surface area (Å²) in [5.41, 5.74) is 7.67. The maximum Gasteiger partial charge on any atom is 0.177 e. The molecule has 0 fully saturated rings. The average Bonchev–Trinajstić information content (AvgIpc) is 2.25. The van der Waals surface area contributed by atoms with E-state index in [2.05, 4.69) is 15.5 Å². The van der Waals surface area contributed by atoms with Gasteiger partial charge in [0.25, 0.3) is 0 Å². The number of anilines is 3. The van der Waals surface area contributed by atoms with Gasteiger partial charge >= 0.3 is 0 Å². The molecule has 0 amide bonds. The fourth-order valence-electron chi connectivity index (χ4n) is 1.16. The van der Waals surface area contributed by atoms with E-state index in [0.29, 0.717) is 11.4 Å². The Bertz CT molecular complexity index is 438. The summed E-state index contributed by atoms with van der Waals surface area (Å²) < 4.78 is 0. The van der Waals surface area contributed by atoms with Gasteiger partial charge in [0, 0.05) is 5.69 Å². The molecule has 15 heavy (non-hydrogen) atoms. The SMILES string of the molecule is Nc1cnnc(Cl)c1Nc1ccccc1. The minimum atomic E-state index is 0.263. The number of para-hydroxylation sites is 1. The minimum absolute atomic E-state index is 0.263. The summed E-state index contributed by atoms with van der Waals surface area (Å²) in [6.45, 7) is 0. The molecule has 0 saturated carbocycles. The van der Waals surface area contributed by atoms with Crippen LogP contribution in [-0.4, -0.2) is 10.2 Å². The third-order valence-electron chi connectivity index (χ3n) is 1.88. The normalized spacial score (nSPS) is 9.93. The largest absolute Gasteiger partial charge is 0.396 e. The van der Waals surface area contributed by atoms with E-state index in [-0.39, 0.29) is 5.15 Å². The van der Waals surface area contributed by atoms with Crippen LogP contribution < -0.4 is 11.1 Å². The summed E-state index contributed by atoms with van der Waals surface area (Å²) >= 11 is 5.86. The van der Waals surface area contributed by atoms with Crippen LogP contribution in [0.2, 0.25) is 5.15 Å². The van der Waals surface area contributed by atoms with E-state index >= 15 is 0 Å². The maximum absolute atomic E-state index is 5.86. The smallest absolute Gasteiger partial charge is 0.177 e. The molecular formula is C10H9ClN4. The van der Waals surface area contributed by atoms with Gasteiger partial charge in [-0.1, -0.05) is 29.8 Å². The Labute approximate surface area is 92.1 Å². The van der Waals surface area contributed by atoms with Gasteiger partial charge in [0.05, 0.1) is 11.9 Å². The van der Waals surface area contributed by atoms with Crippen LogP contribution in [0.3, 0.4) is 0 Å². The Morgan fingerprint density at radius 3 is 2.60 bits per heavy atom. The van der Waals surface area contributed by atoms with E-state index in [9.17, 15) is 0 Å². The van der Waals surface area contributed by atoms with Gasteiger partial charge in [-0.2, -0.15) is 5.10 Å². The third kappa shape index (κ3) is 2.16. The van der Waals surface area contributed by atoms with Crippen LogP contribution in [0.1, 0.15) is 0 Å². The molecule has 2 aromatic rings. The highest BCUT2D eigenvalue weighted by Gasteiger charge is 2.06. The maximum atomic E-state index is 5.86. The molecule has 2 rings (SSSR count). The lowest BCUT2D eigenvalue weighted by Gasteiger charge is -2.08. The van der Waals surface area contributed by atoms with Gasteiger partial charge in [-0.25, -0.2) is 0 Å². The predicted octanol–water partition coefficient (Wildman–Crippen LogP) is 2.46. The number of benzene rings is 1.